The number of rotatable bonds is 3. The maximum absolute atomic E-state index is 12.7. The fourth-order valence-corrected chi connectivity index (χ4v) is 1.34. The molecule has 0 fully saturated rings. The number of aliphatic hydroxyl groups excluding tert-OH is 1. The highest BCUT2D eigenvalue weighted by Gasteiger charge is 2.20. The molecule has 94 valence electrons. The Hall–Kier alpha value is -1.42. The average molecular weight is 240 g/mol. The lowest BCUT2D eigenvalue weighted by Crippen LogP contribution is -2.24. The highest BCUT2D eigenvalue weighted by Crippen LogP contribution is 2.19. The summed E-state index contributed by atoms with van der Waals surface area (Å²) >= 11 is 0. The highest BCUT2D eigenvalue weighted by molar-refractivity contribution is 5.70. The van der Waals surface area contributed by atoms with Crippen molar-refractivity contribution in [2.45, 2.75) is 38.9 Å². The Balaban J connectivity index is 2.57. The molecular formula is C13H17FO3. The van der Waals surface area contributed by atoms with Gasteiger partial charge in [-0.25, -0.2) is 4.39 Å². The Morgan fingerprint density at radius 1 is 1.35 bits per heavy atom. The van der Waals surface area contributed by atoms with Gasteiger partial charge in [0.25, 0.3) is 0 Å². The molecule has 3 nitrogen and oxygen atoms in total. The number of ether oxygens (including phenoxy) is 1. The molecule has 0 amide bonds. The zero-order valence-electron chi connectivity index (χ0n) is 10.2. The fraction of sp³-hybridized carbons (Fsp3) is 0.462. The molecule has 4 heteroatoms. The zero-order valence-corrected chi connectivity index (χ0v) is 10.2. The lowest BCUT2D eigenvalue weighted by atomic mass is 10.1. The largest absolute Gasteiger partial charge is 0.460 e. The van der Waals surface area contributed by atoms with E-state index in [2.05, 4.69) is 0 Å². The molecule has 0 aromatic heterocycles. The van der Waals surface area contributed by atoms with E-state index < -0.39 is 17.7 Å². The third kappa shape index (κ3) is 4.95. The van der Waals surface area contributed by atoms with Gasteiger partial charge in [0.15, 0.2) is 0 Å². The molecule has 1 unspecified atom stereocenters. The molecule has 1 aromatic rings. The average Bonchev–Trinajstić information content (AvgIpc) is 2.15. The van der Waals surface area contributed by atoms with Gasteiger partial charge in [-0.05, 0) is 38.5 Å². The first-order valence-corrected chi connectivity index (χ1v) is 5.43. The molecule has 0 bridgehead atoms. The van der Waals surface area contributed by atoms with Gasteiger partial charge in [-0.1, -0.05) is 12.1 Å². The van der Waals surface area contributed by atoms with Gasteiger partial charge in [0.05, 0.1) is 12.5 Å². The van der Waals surface area contributed by atoms with Gasteiger partial charge in [-0.2, -0.15) is 0 Å². The van der Waals surface area contributed by atoms with E-state index in [0.717, 1.165) is 0 Å². The summed E-state index contributed by atoms with van der Waals surface area (Å²) in [5.41, 5.74) is -0.0724. The summed E-state index contributed by atoms with van der Waals surface area (Å²) in [6, 6.07) is 5.38. The summed E-state index contributed by atoms with van der Waals surface area (Å²) in [7, 11) is 0. The van der Waals surface area contributed by atoms with Gasteiger partial charge in [0.1, 0.15) is 11.4 Å². The number of benzene rings is 1. The van der Waals surface area contributed by atoms with E-state index in [1.165, 1.54) is 24.3 Å². The molecule has 1 aromatic carbocycles. The molecule has 1 N–H and O–H groups in total. The van der Waals surface area contributed by atoms with E-state index in [1.54, 1.807) is 20.8 Å². The van der Waals surface area contributed by atoms with Crippen molar-refractivity contribution in [3.8, 4) is 0 Å². The minimum atomic E-state index is -0.967. The SMILES string of the molecule is CC(C)(C)OC(=O)CC(O)c1ccc(F)cc1. The number of carbonyl (C=O) groups excluding carboxylic acids is 1. The van der Waals surface area contributed by atoms with Crippen LogP contribution in [-0.2, 0) is 9.53 Å². The fourth-order valence-electron chi connectivity index (χ4n) is 1.34. The molecule has 0 aliphatic rings. The lowest BCUT2D eigenvalue weighted by molar-refractivity contribution is -0.157. The second kappa shape index (κ2) is 5.27. The van der Waals surface area contributed by atoms with Crippen molar-refractivity contribution in [3.05, 3.63) is 35.6 Å². The summed E-state index contributed by atoms with van der Waals surface area (Å²) in [4.78, 5) is 11.5. The van der Waals surface area contributed by atoms with Gasteiger partial charge in [-0.3, -0.25) is 4.79 Å². The molecule has 0 saturated heterocycles. The molecular weight excluding hydrogens is 223 g/mol. The van der Waals surface area contributed by atoms with Gasteiger partial charge in [0.2, 0.25) is 0 Å². The number of aliphatic hydroxyl groups is 1. The molecule has 0 aliphatic heterocycles. The highest BCUT2D eigenvalue weighted by atomic mass is 19.1. The van der Waals surface area contributed by atoms with Crippen molar-refractivity contribution >= 4 is 5.97 Å². The van der Waals surface area contributed by atoms with Crippen molar-refractivity contribution in [1.29, 1.82) is 0 Å². The third-order valence-corrected chi connectivity index (χ3v) is 2.03. The van der Waals surface area contributed by atoms with Gasteiger partial charge in [-0.15, -0.1) is 0 Å². The quantitative estimate of drug-likeness (QED) is 0.826. The first-order valence-electron chi connectivity index (χ1n) is 5.43. The van der Waals surface area contributed by atoms with E-state index in [1.807, 2.05) is 0 Å². The molecule has 0 saturated carbocycles. The molecule has 0 aliphatic carbocycles. The van der Waals surface area contributed by atoms with Gasteiger partial charge < -0.3 is 9.84 Å². The molecule has 1 rings (SSSR count). The Kier molecular flexibility index (Phi) is 4.23. The predicted octanol–water partition coefficient (Wildman–Crippen LogP) is 2.59. The molecule has 0 spiro atoms. The van der Waals surface area contributed by atoms with Crippen LogP contribution in [0.5, 0.6) is 0 Å². The van der Waals surface area contributed by atoms with E-state index in [4.69, 9.17) is 4.74 Å². The van der Waals surface area contributed by atoms with Crippen LogP contribution in [0.2, 0.25) is 0 Å². The minimum Gasteiger partial charge on any atom is -0.460 e. The molecule has 0 heterocycles. The van der Waals surface area contributed by atoms with Crippen molar-refractivity contribution in [3.63, 3.8) is 0 Å². The van der Waals surface area contributed by atoms with E-state index in [-0.39, 0.29) is 12.2 Å². The summed E-state index contributed by atoms with van der Waals surface area (Å²) in [5.74, 6) is -0.854. The van der Waals surface area contributed by atoms with Crippen LogP contribution >= 0.6 is 0 Å². The van der Waals surface area contributed by atoms with Crippen LogP contribution in [0, 0.1) is 5.82 Å². The van der Waals surface area contributed by atoms with E-state index in [0.29, 0.717) is 5.56 Å². The summed E-state index contributed by atoms with van der Waals surface area (Å²) in [6.45, 7) is 5.28. The number of esters is 1. The second-order valence-electron chi connectivity index (χ2n) is 4.86. The molecule has 1 atom stereocenters. The first kappa shape index (κ1) is 13.6. The summed E-state index contributed by atoms with van der Waals surface area (Å²) < 4.78 is 17.7. The van der Waals surface area contributed by atoms with Crippen molar-refractivity contribution in [2.75, 3.05) is 0 Å². The topological polar surface area (TPSA) is 46.5 Å². The lowest BCUT2D eigenvalue weighted by Gasteiger charge is -2.20. The summed E-state index contributed by atoms with van der Waals surface area (Å²) in [6.07, 6.45) is -1.10. The predicted molar refractivity (Wildman–Crippen MR) is 61.8 cm³/mol. The van der Waals surface area contributed by atoms with Crippen LogP contribution in [0.15, 0.2) is 24.3 Å². The Labute approximate surface area is 100 Å². The maximum atomic E-state index is 12.7. The Morgan fingerprint density at radius 3 is 2.35 bits per heavy atom. The van der Waals surface area contributed by atoms with Crippen LogP contribution in [0.4, 0.5) is 4.39 Å². The minimum absolute atomic E-state index is 0.136. The Bertz CT molecular complexity index is 379. The van der Waals surface area contributed by atoms with Crippen molar-refractivity contribution in [2.24, 2.45) is 0 Å². The van der Waals surface area contributed by atoms with E-state index in [9.17, 15) is 14.3 Å². The van der Waals surface area contributed by atoms with Crippen molar-refractivity contribution < 1.29 is 19.0 Å². The van der Waals surface area contributed by atoms with Crippen LogP contribution in [-0.4, -0.2) is 16.7 Å². The number of hydrogen-bond donors (Lipinski definition) is 1. The zero-order chi connectivity index (χ0) is 13.1. The monoisotopic (exact) mass is 240 g/mol. The smallest absolute Gasteiger partial charge is 0.309 e. The van der Waals surface area contributed by atoms with Gasteiger partial charge in [0, 0.05) is 0 Å². The normalized spacial score (nSPS) is 13.2. The number of carbonyl (C=O) groups is 1. The molecule has 0 radical (unpaired) electrons. The van der Waals surface area contributed by atoms with Crippen molar-refractivity contribution in [1.82, 2.24) is 0 Å². The molecule has 17 heavy (non-hydrogen) atoms. The van der Waals surface area contributed by atoms with Crippen LogP contribution in [0.1, 0.15) is 38.9 Å². The van der Waals surface area contributed by atoms with Crippen LogP contribution < -0.4 is 0 Å². The number of halogens is 1. The van der Waals surface area contributed by atoms with Gasteiger partial charge >= 0.3 is 5.97 Å². The third-order valence-electron chi connectivity index (χ3n) is 2.03. The Morgan fingerprint density at radius 2 is 1.88 bits per heavy atom. The van der Waals surface area contributed by atoms with Crippen LogP contribution in [0.25, 0.3) is 0 Å². The van der Waals surface area contributed by atoms with E-state index >= 15 is 0 Å². The first-order chi connectivity index (χ1) is 7.78. The second-order valence-corrected chi connectivity index (χ2v) is 4.86. The van der Waals surface area contributed by atoms with Crippen LogP contribution in [0.3, 0.4) is 0 Å². The summed E-state index contributed by atoms with van der Waals surface area (Å²) in [5, 5.41) is 9.76. The number of hydrogen-bond acceptors (Lipinski definition) is 3. The standard InChI is InChI=1S/C13H17FO3/c1-13(2,3)17-12(16)8-11(15)9-4-6-10(14)7-5-9/h4-7,11,15H,8H2,1-3H3. The maximum Gasteiger partial charge on any atom is 0.309 e.